The Kier molecular flexibility index (Phi) is 3.61. The molecule has 1 aromatic rings. The maximum Gasteiger partial charge on any atom is 0.132 e. The molecule has 4 nitrogen and oxygen atoms in total. The third kappa shape index (κ3) is 2.40. The summed E-state index contributed by atoms with van der Waals surface area (Å²) in [4.78, 5) is 0. The normalized spacial score (nSPS) is 16.3. The summed E-state index contributed by atoms with van der Waals surface area (Å²) in [5, 5.41) is 0. The van der Waals surface area contributed by atoms with Gasteiger partial charge in [0, 0.05) is 18.1 Å². The maximum absolute atomic E-state index is 13.9. The van der Waals surface area contributed by atoms with Crippen LogP contribution < -0.4 is 16.0 Å². The van der Waals surface area contributed by atoms with Crippen LogP contribution in [0.15, 0.2) is 30.0 Å². The Hall–Kier alpha value is -1.59. The molecule has 1 heterocycles. The number of ether oxygens (including phenoxy) is 2. The van der Waals surface area contributed by atoms with E-state index in [4.69, 9.17) is 15.3 Å². The van der Waals surface area contributed by atoms with Crippen molar-refractivity contribution in [1.29, 1.82) is 0 Å². The number of rotatable bonds is 4. The van der Waals surface area contributed by atoms with Crippen molar-refractivity contribution in [2.45, 2.75) is 12.5 Å². The van der Waals surface area contributed by atoms with Crippen LogP contribution in [0.5, 0.6) is 5.75 Å². The summed E-state index contributed by atoms with van der Waals surface area (Å²) in [5.41, 5.74) is 3.01. The van der Waals surface area contributed by atoms with Crippen LogP contribution in [0.25, 0.3) is 0 Å². The lowest BCUT2D eigenvalue weighted by Crippen LogP contribution is -2.30. The summed E-state index contributed by atoms with van der Waals surface area (Å²) < 4.78 is 24.2. The number of halogens is 1. The van der Waals surface area contributed by atoms with Crippen LogP contribution >= 0.6 is 0 Å². The van der Waals surface area contributed by atoms with E-state index < -0.39 is 6.04 Å². The van der Waals surface area contributed by atoms with Crippen molar-refractivity contribution < 1.29 is 13.9 Å². The minimum Gasteiger partial charge on any atom is -0.497 e. The van der Waals surface area contributed by atoms with Gasteiger partial charge in [0.05, 0.1) is 13.7 Å². The Labute approximate surface area is 99.2 Å². The lowest BCUT2D eigenvalue weighted by Gasteiger charge is -2.18. The van der Waals surface area contributed by atoms with Crippen molar-refractivity contribution >= 4 is 0 Å². The highest BCUT2D eigenvalue weighted by Crippen LogP contribution is 2.29. The van der Waals surface area contributed by atoms with Gasteiger partial charge in [-0.1, -0.05) is 6.07 Å². The zero-order valence-corrected chi connectivity index (χ0v) is 9.57. The van der Waals surface area contributed by atoms with Gasteiger partial charge < -0.3 is 9.47 Å². The average molecular weight is 238 g/mol. The van der Waals surface area contributed by atoms with E-state index in [0.717, 1.165) is 6.42 Å². The van der Waals surface area contributed by atoms with E-state index in [-0.39, 0.29) is 5.82 Å². The molecule has 0 aromatic heterocycles. The van der Waals surface area contributed by atoms with Gasteiger partial charge in [-0.05, 0) is 12.1 Å². The van der Waals surface area contributed by atoms with Crippen LogP contribution in [0.3, 0.4) is 0 Å². The Morgan fingerprint density at radius 2 is 2.35 bits per heavy atom. The highest BCUT2D eigenvalue weighted by atomic mass is 19.1. The van der Waals surface area contributed by atoms with Gasteiger partial charge in [-0.2, -0.15) is 0 Å². The SMILES string of the molecule is COc1ccc(C(NN)C2=CCCO2)c(F)c1. The van der Waals surface area contributed by atoms with Crippen molar-refractivity contribution in [1.82, 2.24) is 5.43 Å². The molecule has 17 heavy (non-hydrogen) atoms. The Morgan fingerprint density at radius 3 is 2.88 bits per heavy atom. The first-order valence-corrected chi connectivity index (χ1v) is 5.38. The second kappa shape index (κ2) is 5.16. The smallest absolute Gasteiger partial charge is 0.132 e. The molecule has 0 saturated heterocycles. The predicted molar refractivity (Wildman–Crippen MR) is 61.7 cm³/mol. The fourth-order valence-corrected chi connectivity index (χ4v) is 1.83. The molecule has 92 valence electrons. The Morgan fingerprint density at radius 1 is 1.53 bits per heavy atom. The molecule has 0 aliphatic carbocycles. The number of benzene rings is 1. The number of methoxy groups -OCH3 is 1. The van der Waals surface area contributed by atoms with Gasteiger partial charge in [0.1, 0.15) is 23.4 Å². The van der Waals surface area contributed by atoms with Crippen molar-refractivity contribution in [2.75, 3.05) is 13.7 Å². The molecule has 1 aliphatic heterocycles. The monoisotopic (exact) mass is 238 g/mol. The summed E-state index contributed by atoms with van der Waals surface area (Å²) in [5.74, 6) is 6.22. The molecule has 1 aliphatic rings. The van der Waals surface area contributed by atoms with E-state index in [1.165, 1.54) is 13.2 Å². The zero-order valence-electron chi connectivity index (χ0n) is 9.57. The topological polar surface area (TPSA) is 56.5 Å². The van der Waals surface area contributed by atoms with Crippen LogP contribution in [-0.4, -0.2) is 13.7 Å². The second-order valence-corrected chi connectivity index (χ2v) is 3.73. The molecule has 1 unspecified atom stereocenters. The van der Waals surface area contributed by atoms with Gasteiger partial charge in [0.15, 0.2) is 0 Å². The lowest BCUT2D eigenvalue weighted by atomic mass is 10.0. The number of hydrogen-bond acceptors (Lipinski definition) is 4. The third-order valence-corrected chi connectivity index (χ3v) is 2.70. The molecule has 0 fully saturated rings. The van der Waals surface area contributed by atoms with Gasteiger partial charge in [0.2, 0.25) is 0 Å². The van der Waals surface area contributed by atoms with E-state index in [0.29, 0.717) is 23.7 Å². The minimum absolute atomic E-state index is 0.372. The van der Waals surface area contributed by atoms with E-state index >= 15 is 0 Å². The minimum atomic E-state index is -0.455. The van der Waals surface area contributed by atoms with Crippen LogP contribution in [-0.2, 0) is 4.74 Å². The standard InChI is InChI=1S/C12H15FN2O2/c1-16-8-4-5-9(10(13)7-8)12(15-14)11-3-2-6-17-11/h3-5,7,12,15H,2,6,14H2,1H3. The average Bonchev–Trinajstić information content (AvgIpc) is 2.85. The molecular formula is C12H15FN2O2. The van der Waals surface area contributed by atoms with Crippen molar-refractivity contribution in [3.8, 4) is 5.75 Å². The molecule has 0 radical (unpaired) electrons. The summed E-state index contributed by atoms with van der Waals surface area (Å²) in [7, 11) is 1.50. The zero-order chi connectivity index (χ0) is 12.3. The van der Waals surface area contributed by atoms with Gasteiger partial charge >= 0.3 is 0 Å². The highest BCUT2D eigenvalue weighted by Gasteiger charge is 2.22. The number of nitrogens with one attached hydrogen (secondary N) is 1. The first-order chi connectivity index (χ1) is 8.26. The van der Waals surface area contributed by atoms with Crippen molar-refractivity contribution in [3.63, 3.8) is 0 Å². The Balaban J connectivity index is 2.30. The fraction of sp³-hybridized carbons (Fsp3) is 0.333. The van der Waals surface area contributed by atoms with Crippen LogP contribution in [0, 0.1) is 5.82 Å². The molecular weight excluding hydrogens is 223 g/mol. The quantitative estimate of drug-likeness (QED) is 0.618. The number of nitrogens with two attached hydrogens (primary N) is 1. The second-order valence-electron chi connectivity index (χ2n) is 3.73. The molecule has 0 saturated carbocycles. The lowest BCUT2D eigenvalue weighted by molar-refractivity contribution is 0.214. The highest BCUT2D eigenvalue weighted by molar-refractivity contribution is 5.34. The molecule has 3 N–H and O–H groups in total. The molecule has 0 bridgehead atoms. The van der Waals surface area contributed by atoms with E-state index in [9.17, 15) is 4.39 Å². The Bertz CT molecular complexity index is 435. The largest absolute Gasteiger partial charge is 0.497 e. The molecule has 2 rings (SSSR count). The first-order valence-electron chi connectivity index (χ1n) is 5.38. The van der Waals surface area contributed by atoms with Crippen LogP contribution in [0.2, 0.25) is 0 Å². The van der Waals surface area contributed by atoms with Crippen LogP contribution in [0.4, 0.5) is 4.39 Å². The van der Waals surface area contributed by atoms with Gasteiger partial charge in [-0.15, -0.1) is 0 Å². The molecule has 1 atom stereocenters. The van der Waals surface area contributed by atoms with E-state index in [2.05, 4.69) is 5.43 Å². The van der Waals surface area contributed by atoms with E-state index in [1.807, 2.05) is 6.08 Å². The summed E-state index contributed by atoms with van der Waals surface area (Å²) in [6.45, 7) is 0.616. The molecule has 0 spiro atoms. The van der Waals surface area contributed by atoms with E-state index in [1.54, 1.807) is 12.1 Å². The van der Waals surface area contributed by atoms with Gasteiger partial charge in [-0.3, -0.25) is 5.84 Å². The maximum atomic E-state index is 13.9. The van der Waals surface area contributed by atoms with Gasteiger partial charge in [-0.25, -0.2) is 9.82 Å². The predicted octanol–water partition coefficient (Wildman–Crippen LogP) is 1.64. The summed E-state index contributed by atoms with van der Waals surface area (Å²) >= 11 is 0. The molecule has 0 amide bonds. The molecule has 1 aromatic carbocycles. The van der Waals surface area contributed by atoms with Crippen molar-refractivity contribution in [2.24, 2.45) is 5.84 Å². The van der Waals surface area contributed by atoms with Crippen molar-refractivity contribution in [3.05, 3.63) is 41.4 Å². The first kappa shape index (κ1) is 11.9. The summed E-state index contributed by atoms with van der Waals surface area (Å²) in [6.07, 6.45) is 2.74. The summed E-state index contributed by atoms with van der Waals surface area (Å²) in [6, 6.07) is 4.21. The fourth-order valence-electron chi connectivity index (χ4n) is 1.83. The third-order valence-electron chi connectivity index (χ3n) is 2.70. The van der Waals surface area contributed by atoms with Crippen LogP contribution in [0.1, 0.15) is 18.0 Å². The van der Waals surface area contributed by atoms with Gasteiger partial charge in [0.25, 0.3) is 0 Å². The molecule has 5 heteroatoms. The number of hydrogen-bond donors (Lipinski definition) is 2. The number of hydrazine groups is 1.